The normalized spacial score (nSPS) is 24.0. The van der Waals surface area contributed by atoms with Crippen LogP contribution in [0.4, 0.5) is 5.69 Å². The molecule has 0 amide bonds. The number of non-ortho nitro benzene ring substituents is 1. The van der Waals surface area contributed by atoms with E-state index in [1.807, 2.05) is 0 Å². The van der Waals surface area contributed by atoms with Crippen LogP contribution in [0.3, 0.4) is 0 Å². The maximum Gasteiger partial charge on any atom is 0.335 e. The van der Waals surface area contributed by atoms with Crippen LogP contribution in [0.5, 0.6) is 5.75 Å². The first-order chi connectivity index (χ1) is 16.0. The van der Waals surface area contributed by atoms with Gasteiger partial charge >= 0.3 is 23.9 Å². The lowest BCUT2D eigenvalue weighted by atomic mass is 9.71. The molecule has 2 rings (SSSR count). The number of hydrogen-bond acceptors (Lipinski definition) is 10. The predicted molar refractivity (Wildman–Crippen MR) is 107 cm³/mol. The Morgan fingerprint density at radius 1 is 1.03 bits per heavy atom. The fraction of sp³-hybridized carbons (Fsp3) is 0.450. The molecule has 1 fully saturated rings. The van der Waals surface area contributed by atoms with Crippen molar-refractivity contribution < 1.29 is 58.4 Å². The number of rotatable bonds is 11. The number of nitrogens with zero attached hydrogens (tertiary/aromatic N) is 1. The smallest absolute Gasteiger partial charge is 0.335 e. The summed E-state index contributed by atoms with van der Waals surface area (Å²) in [4.78, 5) is 68.5. The van der Waals surface area contributed by atoms with Crippen molar-refractivity contribution in [1.82, 2.24) is 0 Å². The molecule has 1 aromatic carbocycles. The predicted octanol–water partition coefficient (Wildman–Crippen LogP) is 0.957. The number of carbonyl (C=O) groups excluding carboxylic acids is 2. The number of carbonyl (C=O) groups is 5. The second-order valence-corrected chi connectivity index (χ2v) is 7.45. The van der Waals surface area contributed by atoms with Gasteiger partial charge < -0.3 is 29.5 Å². The number of nitro groups is 1. The Hall–Kier alpha value is -4.07. The van der Waals surface area contributed by atoms with Gasteiger partial charge in [0.25, 0.3) is 5.69 Å². The van der Waals surface area contributed by atoms with Crippen LogP contribution in [-0.2, 0) is 28.7 Å². The van der Waals surface area contributed by atoms with Gasteiger partial charge in [0.05, 0.1) is 30.4 Å². The van der Waals surface area contributed by atoms with Gasteiger partial charge in [-0.1, -0.05) is 0 Å². The van der Waals surface area contributed by atoms with Crippen molar-refractivity contribution in [3.05, 3.63) is 33.9 Å². The summed E-state index contributed by atoms with van der Waals surface area (Å²) in [7, 11) is 0.996. The lowest BCUT2D eigenvalue weighted by Gasteiger charge is -2.44. The fourth-order valence-electron chi connectivity index (χ4n) is 3.94. The topological polar surface area (TPSA) is 217 Å². The van der Waals surface area contributed by atoms with E-state index in [-0.39, 0.29) is 17.6 Å². The summed E-state index contributed by atoms with van der Waals surface area (Å²) in [5.74, 6) is -9.21. The van der Waals surface area contributed by atoms with Crippen LogP contribution >= 0.6 is 0 Å². The molecule has 184 valence electrons. The molecule has 1 saturated heterocycles. The molecule has 34 heavy (non-hydrogen) atoms. The van der Waals surface area contributed by atoms with Crippen molar-refractivity contribution in [3.8, 4) is 5.75 Å². The third-order valence-electron chi connectivity index (χ3n) is 5.36. The highest BCUT2D eigenvalue weighted by atomic mass is 16.7. The highest BCUT2D eigenvalue weighted by Gasteiger charge is 2.51. The van der Waals surface area contributed by atoms with E-state index in [9.17, 15) is 49.4 Å². The number of aliphatic carboxylic acids is 3. The summed E-state index contributed by atoms with van der Waals surface area (Å²) in [6, 6.07) is 2.97. The average Bonchev–Trinajstić information content (AvgIpc) is 2.76. The van der Waals surface area contributed by atoms with E-state index < -0.39 is 83.9 Å². The highest BCUT2D eigenvalue weighted by molar-refractivity contribution is 5.81. The molecule has 1 heterocycles. The van der Waals surface area contributed by atoms with E-state index >= 15 is 0 Å². The zero-order valence-corrected chi connectivity index (χ0v) is 17.7. The fourth-order valence-corrected chi connectivity index (χ4v) is 3.94. The lowest BCUT2D eigenvalue weighted by molar-refractivity contribution is -0.384. The van der Waals surface area contributed by atoms with Crippen LogP contribution in [0.2, 0.25) is 0 Å². The van der Waals surface area contributed by atoms with E-state index in [1.54, 1.807) is 0 Å². The van der Waals surface area contributed by atoms with Crippen molar-refractivity contribution in [1.29, 1.82) is 0 Å². The Balaban J connectivity index is 2.57. The van der Waals surface area contributed by atoms with Crippen LogP contribution in [0, 0.1) is 27.9 Å². The third kappa shape index (κ3) is 6.25. The molecule has 0 aromatic heterocycles. The molecule has 14 nitrogen and oxygen atoms in total. The van der Waals surface area contributed by atoms with Gasteiger partial charge in [-0.25, -0.2) is 4.79 Å². The quantitative estimate of drug-likeness (QED) is 0.173. The lowest BCUT2D eigenvalue weighted by Crippen LogP contribution is -2.54. The number of ether oxygens (including phenoxy) is 3. The van der Waals surface area contributed by atoms with Gasteiger partial charge in [-0.3, -0.25) is 29.3 Å². The Bertz CT molecular complexity index is 991. The molecule has 1 aromatic rings. The largest absolute Gasteiger partial charge is 0.481 e. The van der Waals surface area contributed by atoms with Crippen molar-refractivity contribution in [2.75, 3.05) is 7.11 Å². The van der Waals surface area contributed by atoms with Crippen molar-refractivity contribution in [3.63, 3.8) is 0 Å². The van der Waals surface area contributed by atoms with Crippen LogP contribution in [0.25, 0.3) is 0 Å². The molecule has 0 saturated carbocycles. The van der Waals surface area contributed by atoms with Gasteiger partial charge in [-0.15, -0.1) is 0 Å². The van der Waals surface area contributed by atoms with E-state index in [4.69, 9.17) is 9.47 Å². The molecule has 5 atom stereocenters. The van der Waals surface area contributed by atoms with E-state index in [0.717, 1.165) is 25.3 Å². The monoisotopic (exact) mass is 483 g/mol. The zero-order valence-electron chi connectivity index (χ0n) is 17.7. The summed E-state index contributed by atoms with van der Waals surface area (Å²) in [6.45, 7) is 0. The molecular weight excluding hydrogens is 462 g/mol. The number of methoxy groups -OCH3 is 1. The SMILES string of the molecule is COC(=O)C1OC(Oc2ccc([N+](=O)[O-])cc2C=O)C(CC(=O)O)C(CC(=O)O)C1CC(=O)O. The second kappa shape index (κ2) is 11.2. The summed E-state index contributed by atoms with van der Waals surface area (Å²) in [6.07, 6.45) is -5.17. The molecule has 0 radical (unpaired) electrons. The molecule has 1 aliphatic heterocycles. The number of nitro benzene ring substituents is 1. The summed E-state index contributed by atoms with van der Waals surface area (Å²) in [5, 5.41) is 39.1. The highest BCUT2D eigenvalue weighted by Crippen LogP contribution is 2.43. The van der Waals surface area contributed by atoms with E-state index in [1.165, 1.54) is 0 Å². The molecule has 14 heteroatoms. The third-order valence-corrected chi connectivity index (χ3v) is 5.36. The Labute approximate surface area is 191 Å². The molecule has 0 bridgehead atoms. The van der Waals surface area contributed by atoms with Gasteiger partial charge in [0.15, 0.2) is 12.4 Å². The van der Waals surface area contributed by atoms with Gasteiger partial charge in [0.1, 0.15) is 5.75 Å². The molecular formula is C20H21NO13. The van der Waals surface area contributed by atoms with Gasteiger partial charge in [-0.2, -0.15) is 0 Å². The van der Waals surface area contributed by atoms with Crippen LogP contribution in [-0.4, -0.2) is 69.9 Å². The van der Waals surface area contributed by atoms with Gasteiger partial charge in [0.2, 0.25) is 6.29 Å². The minimum atomic E-state index is -1.63. The average molecular weight is 483 g/mol. The Morgan fingerprint density at radius 2 is 1.59 bits per heavy atom. The van der Waals surface area contributed by atoms with Gasteiger partial charge in [0, 0.05) is 30.4 Å². The number of esters is 1. The van der Waals surface area contributed by atoms with Crippen molar-refractivity contribution in [2.24, 2.45) is 17.8 Å². The number of carboxylic acids is 3. The maximum absolute atomic E-state index is 12.4. The second-order valence-electron chi connectivity index (χ2n) is 7.45. The van der Waals surface area contributed by atoms with Crippen LogP contribution < -0.4 is 4.74 Å². The molecule has 0 spiro atoms. The number of aldehydes is 1. The number of carboxylic acid groups (broad SMARTS) is 3. The van der Waals surface area contributed by atoms with Crippen LogP contribution in [0.15, 0.2) is 18.2 Å². The first-order valence-electron chi connectivity index (χ1n) is 9.77. The maximum atomic E-state index is 12.4. The molecule has 5 unspecified atom stereocenters. The number of hydrogen-bond donors (Lipinski definition) is 3. The van der Waals surface area contributed by atoms with E-state index in [0.29, 0.717) is 0 Å². The standard InChI is InChI=1S/C20H21NO13/c1-32-19(29)18-12(6-16(25)26)11(5-15(23)24)13(7-17(27)28)20(34-18)33-14-3-2-10(21(30)31)4-9(14)8-22/h2-4,8,11-13,18,20H,5-7H2,1H3,(H,23,24)(H,25,26)(H,27,28). The minimum Gasteiger partial charge on any atom is -0.481 e. The van der Waals surface area contributed by atoms with E-state index in [2.05, 4.69) is 4.74 Å². The summed E-state index contributed by atoms with van der Waals surface area (Å²) < 4.78 is 15.9. The van der Waals surface area contributed by atoms with Crippen molar-refractivity contribution in [2.45, 2.75) is 31.7 Å². The minimum absolute atomic E-state index is 0.247. The number of benzene rings is 1. The summed E-state index contributed by atoms with van der Waals surface area (Å²) in [5.41, 5.74) is -0.720. The summed E-state index contributed by atoms with van der Waals surface area (Å²) >= 11 is 0. The molecule has 0 aliphatic carbocycles. The Morgan fingerprint density at radius 3 is 2.09 bits per heavy atom. The van der Waals surface area contributed by atoms with Gasteiger partial charge in [-0.05, 0) is 12.0 Å². The van der Waals surface area contributed by atoms with Crippen LogP contribution in [0.1, 0.15) is 29.6 Å². The Kier molecular flexibility index (Phi) is 8.61. The zero-order chi connectivity index (χ0) is 25.6. The molecule has 1 aliphatic rings. The first kappa shape index (κ1) is 26.2. The first-order valence-corrected chi connectivity index (χ1v) is 9.77. The molecule has 3 N–H and O–H groups in total. The van der Waals surface area contributed by atoms with Crippen molar-refractivity contribution >= 4 is 35.9 Å².